The maximum Gasteiger partial charge on any atom is 0.270 e. The number of nitrogens with zero attached hydrogens (tertiary/aromatic N) is 2. The number of fused-ring (bicyclic) bond motifs is 1. The van der Waals surface area contributed by atoms with Crippen LogP contribution >= 0.6 is 0 Å². The number of carbonyl (C=O) groups is 1. The van der Waals surface area contributed by atoms with E-state index < -0.39 is 10.0 Å². The van der Waals surface area contributed by atoms with Crippen LogP contribution in [0.3, 0.4) is 0 Å². The first-order chi connectivity index (χ1) is 14.4. The quantitative estimate of drug-likeness (QED) is 0.671. The van der Waals surface area contributed by atoms with Gasteiger partial charge in [-0.15, -0.1) is 0 Å². The van der Waals surface area contributed by atoms with Crippen LogP contribution in [-0.2, 0) is 16.6 Å². The predicted octanol–water partition coefficient (Wildman–Crippen LogP) is 4.00. The predicted molar refractivity (Wildman–Crippen MR) is 118 cm³/mol. The first kappa shape index (κ1) is 20.6. The molecule has 2 heterocycles. The zero-order chi connectivity index (χ0) is 21.1. The van der Waals surface area contributed by atoms with Crippen LogP contribution in [0.2, 0.25) is 0 Å². The Morgan fingerprint density at radius 1 is 1.00 bits per heavy atom. The molecule has 1 saturated heterocycles. The second-order valence-electron chi connectivity index (χ2n) is 7.90. The average molecular weight is 426 g/mol. The van der Waals surface area contributed by atoms with Gasteiger partial charge in [-0.3, -0.25) is 4.79 Å². The summed E-state index contributed by atoms with van der Waals surface area (Å²) < 4.78 is 27.7. The Labute approximate surface area is 177 Å². The summed E-state index contributed by atoms with van der Waals surface area (Å²) in [6.45, 7) is 1.65. The van der Waals surface area contributed by atoms with Gasteiger partial charge in [0.2, 0.25) is 10.0 Å². The number of carbonyl (C=O) groups excluding carboxylic acids is 1. The monoisotopic (exact) mass is 425 g/mol. The highest BCUT2D eigenvalue weighted by atomic mass is 32.2. The highest BCUT2D eigenvalue weighted by Gasteiger charge is 2.25. The van der Waals surface area contributed by atoms with Crippen LogP contribution in [0.4, 0.5) is 0 Å². The van der Waals surface area contributed by atoms with E-state index in [0.29, 0.717) is 25.3 Å². The second kappa shape index (κ2) is 8.62. The third-order valence-corrected chi connectivity index (χ3v) is 7.53. The van der Waals surface area contributed by atoms with Gasteiger partial charge in [0, 0.05) is 37.6 Å². The van der Waals surface area contributed by atoms with E-state index in [-0.39, 0.29) is 10.8 Å². The van der Waals surface area contributed by atoms with Gasteiger partial charge in [-0.05, 0) is 42.7 Å². The van der Waals surface area contributed by atoms with Crippen LogP contribution in [0.1, 0.15) is 41.7 Å². The fourth-order valence-corrected chi connectivity index (χ4v) is 5.51. The molecule has 0 saturated carbocycles. The summed E-state index contributed by atoms with van der Waals surface area (Å²) in [5, 5.41) is 0.724. The van der Waals surface area contributed by atoms with Gasteiger partial charge in [0.1, 0.15) is 5.69 Å². The molecule has 3 aromatic rings. The van der Waals surface area contributed by atoms with Crippen LogP contribution in [0, 0.1) is 0 Å². The number of aromatic nitrogens is 1. The summed E-state index contributed by atoms with van der Waals surface area (Å²) in [7, 11) is -1.76. The van der Waals surface area contributed by atoms with Crippen molar-refractivity contribution in [3.8, 4) is 0 Å². The molecule has 0 atom stereocenters. The Morgan fingerprint density at radius 3 is 2.40 bits per heavy atom. The van der Waals surface area contributed by atoms with Gasteiger partial charge in [-0.1, -0.05) is 43.2 Å². The summed E-state index contributed by atoms with van der Waals surface area (Å²) in [6.07, 6.45) is 3.95. The van der Waals surface area contributed by atoms with Crippen molar-refractivity contribution in [2.45, 2.75) is 37.1 Å². The van der Waals surface area contributed by atoms with Gasteiger partial charge < -0.3 is 9.88 Å². The van der Waals surface area contributed by atoms with Crippen molar-refractivity contribution in [2.75, 3.05) is 20.1 Å². The van der Waals surface area contributed by atoms with Crippen LogP contribution in [0.5, 0.6) is 0 Å². The minimum absolute atomic E-state index is 0.132. The lowest BCUT2D eigenvalue weighted by atomic mass is 10.2. The first-order valence-corrected chi connectivity index (χ1v) is 11.8. The minimum Gasteiger partial charge on any atom is -0.351 e. The van der Waals surface area contributed by atoms with Crippen LogP contribution in [0.25, 0.3) is 10.9 Å². The first-order valence-electron chi connectivity index (χ1n) is 10.4. The molecule has 0 aliphatic carbocycles. The Bertz CT molecular complexity index is 1130. The van der Waals surface area contributed by atoms with Crippen molar-refractivity contribution in [1.29, 1.82) is 0 Å². The van der Waals surface area contributed by atoms with Crippen LogP contribution in [-0.4, -0.2) is 48.7 Å². The molecule has 1 amide bonds. The second-order valence-corrected chi connectivity index (χ2v) is 9.84. The molecule has 1 aliphatic rings. The third-order valence-electron chi connectivity index (χ3n) is 5.63. The van der Waals surface area contributed by atoms with E-state index in [1.54, 1.807) is 40.5 Å². The van der Waals surface area contributed by atoms with E-state index in [2.05, 4.69) is 4.98 Å². The molecule has 158 valence electrons. The normalized spacial score (nSPS) is 15.8. The molecule has 0 unspecified atom stereocenters. The van der Waals surface area contributed by atoms with Crippen LogP contribution < -0.4 is 0 Å². The highest BCUT2D eigenvalue weighted by molar-refractivity contribution is 7.89. The Kier molecular flexibility index (Phi) is 5.92. The lowest BCUT2D eigenvalue weighted by molar-refractivity contribution is 0.0780. The molecule has 1 aromatic heterocycles. The molecule has 1 aliphatic heterocycles. The minimum atomic E-state index is -3.52. The lowest BCUT2D eigenvalue weighted by Gasteiger charge is -2.19. The SMILES string of the molecule is CN(Cc1ccccc1)C(=O)c1cc2cc(S(=O)(=O)N3CCCCCC3)ccc2[nH]1. The number of hydrogen-bond donors (Lipinski definition) is 1. The summed E-state index contributed by atoms with van der Waals surface area (Å²) in [6, 6.07) is 16.6. The molecule has 2 aromatic carbocycles. The summed E-state index contributed by atoms with van der Waals surface area (Å²) in [5.41, 5.74) is 2.25. The molecule has 0 spiro atoms. The molecule has 6 nitrogen and oxygen atoms in total. The van der Waals surface area contributed by atoms with Gasteiger partial charge in [0.05, 0.1) is 4.90 Å². The number of amides is 1. The van der Waals surface area contributed by atoms with E-state index >= 15 is 0 Å². The zero-order valence-corrected chi connectivity index (χ0v) is 18.0. The summed E-state index contributed by atoms with van der Waals surface area (Å²) in [4.78, 5) is 17.9. The van der Waals surface area contributed by atoms with Gasteiger partial charge >= 0.3 is 0 Å². The van der Waals surface area contributed by atoms with Crippen molar-refractivity contribution in [1.82, 2.24) is 14.2 Å². The largest absolute Gasteiger partial charge is 0.351 e. The van der Waals surface area contributed by atoms with Crippen molar-refractivity contribution in [3.63, 3.8) is 0 Å². The number of nitrogens with one attached hydrogen (secondary N) is 1. The molecule has 0 radical (unpaired) electrons. The maximum absolute atomic E-state index is 13.1. The molecule has 1 fully saturated rings. The van der Waals surface area contributed by atoms with E-state index in [1.165, 1.54) is 0 Å². The Hall–Kier alpha value is -2.64. The van der Waals surface area contributed by atoms with Gasteiger partial charge in [-0.2, -0.15) is 4.31 Å². The van der Waals surface area contributed by atoms with E-state index in [1.807, 2.05) is 30.3 Å². The average Bonchev–Trinajstić information content (AvgIpc) is 2.97. The molecular formula is C23H27N3O3S. The van der Waals surface area contributed by atoms with E-state index in [9.17, 15) is 13.2 Å². The number of H-pyrrole nitrogens is 1. The fraction of sp³-hybridized carbons (Fsp3) is 0.348. The Balaban J connectivity index is 1.57. The number of rotatable bonds is 5. The molecule has 4 rings (SSSR count). The van der Waals surface area contributed by atoms with Crippen molar-refractivity contribution in [2.24, 2.45) is 0 Å². The lowest BCUT2D eigenvalue weighted by Crippen LogP contribution is -2.31. The summed E-state index contributed by atoms with van der Waals surface area (Å²) >= 11 is 0. The number of sulfonamides is 1. The van der Waals surface area contributed by atoms with Crippen LogP contribution in [0.15, 0.2) is 59.5 Å². The molecule has 0 bridgehead atoms. The van der Waals surface area contributed by atoms with Crippen molar-refractivity contribution < 1.29 is 13.2 Å². The Morgan fingerprint density at radius 2 is 1.70 bits per heavy atom. The third kappa shape index (κ3) is 4.27. The number of benzene rings is 2. The van der Waals surface area contributed by atoms with Gasteiger partial charge in [-0.25, -0.2) is 8.42 Å². The number of hydrogen-bond acceptors (Lipinski definition) is 3. The molecule has 7 heteroatoms. The summed E-state index contributed by atoms with van der Waals surface area (Å²) in [5.74, 6) is -0.132. The standard InChI is InChI=1S/C23H27N3O3S/c1-25(17-18-9-5-4-6-10-18)23(27)22-16-19-15-20(11-12-21(19)24-22)30(28,29)26-13-7-2-3-8-14-26/h4-6,9-12,15-16,24H,2-3,7-8,13-14,17H2,1H3. The molecular weight excluding hydrogens is 398 g/mol. The topological polar surface area (TPSA) is 73.5 Å². The number of aromatic amines is 1. The smallest absolute Gasteiger partial charge is 0.270 e. The van der Waals surface area contributed by atoms with E-state index in [0.717, 1.165) is 42.1 Å². The van der Waals surface area contributed by atoms with Crippen molar-refractivity contribution in [3.05, 3.63) is 65.9 Å². The molecule has 30 heavy (non-hydrogen) atoms. The maximum atomic E-state index is 13.1. The molecule has 1 N–H and O–H groups in total. The van der Waals surface area contributed by atoms with E-state index in [4.69, 9.17) is 0 Å². The van der Waals surface area contributed by atoms with Gasteiger partial charge in [0.25, 0.3) is 5.91 Å². The van der Waals surface area contributed by atoms with Gasteiger partial charge in [0.15, 0.2) is 0 Å². The van der Waals surface area contributed by atoms with Crippen molar-refractivity contribution >= 4 is 26.8 Å². The fourth-order valence-electron chi connectivity index (χ4n) is 3.95. The highest BCUT2D eigenvalue weighted by Crippen LogP contribution is 2.25. The zero-order valence-electron chi connectivity index (χ0n) is 17.2.